The van der Waals surface area contributed by atoms with Crippen molar-refractivity contribution in [1.29, 1.82) is 0 Å². The summed E-state index contributed by atoms with van der Waals surface area (Å²) in [4.78, 5) is 37.4. The van der Waals surface area contributed by atoms with Gasteiger partial charge in [-0.2, -0.15) is 0 Å². The van der Waals surface area contributed by atoms with Crippen molar-refractivity contribution in [3.05, 3.63) is 23.8 Å². The fourth-order valence-electron chi connectivity index (χ4n) is 5.83. The van der Waals surface area contributed by atoms with Gasteiger partial charge in [0.1, 0.15) is 18.3 Å². The SMILES string of the molecule is C=C1C(=O)OC2C1CC1(C)C(OC(=O)CC(C)C)CC(OC(=O)C(C)=CC)C1C(C)C2O. The van der Waals surface area contributed by atoms with Gasteiger partial charge in [0, 0.05) is 41.2 Å². The normalized spacial score (nSPS) is 39.2. The van der Waals surface area contributed by atoms with Gasteiger partial charge in [0.05, 0.1) is 6.10 Å². The van der Waals surface area contributed by atoms with Gasteiger partial charge in [-0.05, 0) is 32.1 Å². The van der Waals surface area contributed by atoms with E-state index in [0.717, 1.165) is 0 Å². The lowest BCUT2D eigenvalue weighted by molar-refractivity contribution is -0.157. The van der Waals surface area contributed by atoms with Crippen LogP contribution in [-0.2, 0) is 28.6 Å². The summed E-state index contributed by atoms with van der Waals surface area (Å²) >= 11 is 0. The van der Waals surface area contributed by atoms with Gasteiger partial charge in [-0.25, -0.2) is 9.59 Å². The molecule has 3 rings (SSSR count). The van der Waals surface area contributed by atoms with Crippen molar-refractivity contribution in [2.24, 2.45) is 29.1 Å². The summed E-state index contributed by atoms with van der Waals surface area (Å²) in [5.41, 5.74) is 0.201. The van der Waals surface area contributed by atoms with E-state index in [2.05, 4.69) is 6.58 Å². The molecular formula is C25H36O7. The predicted octanol–water partition coefficient (Wildman–Crippen LogP) is 3.35. The molecule has 8 atom stereocenters. The highest BCUT2D eigenvalue weighted by Gasteiger charge is 2.64. The predicted molar refractivity (Wildman–Crippen MR) is 117 cm³/mol. The molecule has 8 unspecified atom stereocenters. The van der Waals surface area contributed by atoms with Crippen LogP contribution in [0.3, 0.4) is 0 Å². The number of carbonyl (C=O) groups excluding carboxylic acids is 3. The third kappa shape index (κ3) is 4.24. The molecule has 1 aliphatic heterocycles. The van der Waals surface area contributed by atoms with E-state index in [1.54, 1.807) is 19.9 Å². The Labute approximate surface area is 190 Å². The molecule has 32 heavy (non-hydrogen) atoms. The Kier molecular flexibility index (Phi) is 6.89. The molecule has 178 valence electrons. The van der Waals surface area contributed by atoms with Crippen molar-refractivity contribution in [1.82, 2.24) is 0 Å². The van der Waals surface area contributed by atoms with Gasteiger partial charge < -0.3 is 19.3 Å². The minimum Gasteiger partial charge on any atom is -0.462 e. The van der Waals surface area contributed by atoms with E-state index in [0.29, 0.717) is 24.0 Å². The van der Waals surface area contributed by atoms with Crippen LogP contribution >= 0.6 is 0 Å². The minimum atomic E-state index is -0.941. The minimum absolute atomic E-state index is 0.151. The Morgan fingerprint density at radius 3 is 2.59 bits per heavy atom. The van der Waals surface area contributed by atoms with Gasteiger partial charge in [0.2, 0.25) is 0 Å². The van der Waals surface area contributed by atoms with Crippen LogP contribution in [0.25, 0.3) is 0 Å². The standard InChI is InChI=1S/C25H36O7/c1-8-13(4)23(28)30-17-10-18(31-19(26)9-12(2)3)25(7)11-16-14(5)24(29)32-22(16)21(27)15(6)20(17)25/h8,12,15-18,20-22,27H,5,9-11H2,1-4,6-7H3. The van der Waals surface area contributed by atoms with E-state index in [-0.39, 0.29) is 36.1 Å². The van der Waals surface area contributed by atoms with Crippen LogP contribution in [0.15, 0.2) is 23.8 Å². The molecule has 3 fully saturated rings. The summed E-state index contributed by atoms with van der Waals surface area (Å²) in [6, 6.07) is 0. The number of fused-ring (bicyclic) bond motifs is 2. The number of aliphatic hydroxyl groups is 1. The van der Waals surface area contributed by atoms with Crippen molar-refractivity contribution in [3.63, 3.8) is 0 Å². The van der Waals surface area contributed by atoms with Gasteiger partial charge >= 0.3 is 17.9 Å². The Bertz CT molecular complexity index is 828. The fraction of sp³-hybridized carbons (Fsp3) is 0.720. The zero-order chi connectivity index (χ0) is 24.0. The number of aliphatic hydroxyl groups excluding tert-OH is 1. The van der Waals surface area contributed by atoms with Crippen molar-refractivity contribution in [2.75, 3.05) is 0 Å². The molecule has 1 saturated heterocycles. The molecule has 0 radical (unpaired) electrons. The Morgan fingerprint density at radius 1 is 1.34 bits per heavy atom. The van der Waals surface area contributed by atoms with Crippen LogP contribution in [0, 0.1) is 29.1 Å². The monoisotopic (exact) mass is 448 g/mol. The van der Waals surface area contributed by atoms with Gasteiger partial charge in [-0.1, -0.05) is 40.3 Å². The highest BCUT2D eigenvalue weighted by molar-refractivity contribution is 5.91. The molecule has 3 aliphatic rings. The van der Waals surface area contributed by atoms with Crippen LogP contribution in [-0.4, -0.2) is 47.4 Å². The zero-order valence-electron chi connectivity index (χ0n) is 19.9. The molecule has 7 nitrogen and oxygen atoms in total. The summed E-state index contributed by atoms with van der Waals surface area (Å²) < 4.78 is 17.3. The van der Waals surface area contributed by atoms with E-state index in [9.17, 15) is 19.5 Å². The molecule has 1 N–H and O–H groups in total. The Balaban J connectivity index is 1.99. The first-order chi connectivity index (χ1) is 14.9. The number of allylic oxidation sites excluding steroid dienone is 1. The number of hydrogen-bond acceptors (Lipinski definition) is 7. The summed E-state index contributed by atoms with van der Waals surface area (Å²) in [6.07, 6.45) is 0.0881. The average Bonchev–Trinajstić information content (AvgIpc) is 3.10. The molecule has 0 bridgehead atoms. The molecule has 0 spiro atoms. The van der Waals surface area contributed by atoms with Gasteiger partial charge in [-0.15, -0.1) is 0 Å². The van der Waals surface area contributed by atoms with Crippen molar-refractivity contribution < 1.29 is 33.7 Å². The molecule has 7 heteroatoms. The highest BCUT2D eigenvalue weighted by Crippen LogP contribution is 2.58. The van der Waals surface area contributed by atoms with Crippen LogP contribution in [0.1, 0.15) is 60.8 Å². The molecule has 0 aromatic heterocycles. The molecule has 2 aliphatic carbocycles. The topological polar surface area (TPSA) is 99.1 Å². The number of carbonyl (C=O) groups is 3. The van der Waals surface area contributed by atoms with E-state index >= 15 is 0 Å². The number of ether oxygens (including phenoxy) is 3. The second-order valence-electron chi connectivity index (χ2n) is 10.3. The first kappa shape index (κ1) is 24.5. The quantitative estimate of drug-likeness (QED) is 0.391. The van der Waals surface area contributed by atoms with E-state index < -0.39 is 41.8 Å². The number of esters is 3. The summed E-state index contributed by atoms with van der Waals surface area (Å²) in [5.74, 6) is -2.08. The maximum Gasteiger partial charge on any atom is 0.334 e. The highest BCUT2D eigenvalue weighted by atomic mass is 16.6. The van der Waals surface area contributed by atoms with Crippen LogP contribution in [0.2, 0.25) is 0 Å². The van der Waals surface area contributed by atoms with Crippen molar-refractivity contribution in [3.8, 4) is 0 Å². The first-order valence-electron chi connectivity index (χ1n) is 11.5. The smallest absolute Gasteiger partial charge is 0.334 e. The average molecular weight is 449 g/mol. The third-order valence-corrected chi connectivity index (χ3v) is 7.66. The lowest BCUT2D eigenvalue weighted by Crippen LogP contribution is -2.43. The molecule has 0 aromatic carbocycles. The Hall–Kier alpha value is -2.15. The van der Waals surface area contributed by atoms with Crippen molar-refractivity contribution >= 4 is 17.9 Å². The number of hydrogen-bond donors (Lipinski definition) is 1. The molecular weight excluding hydrogens is 412 g/mol. The maximum atomic E-state index is 12.6. The second-order valence-corrected chi connectivity index (χ2v) is 10.3. The van der Waals surface area contributed by atoms with E-state index in [1.165, 1.54) is 0 Å². The molecule has 1 heterocycles. The van der Waals surface area contributed by atoms with Crippen LogP contribution in [0.4, 0.5) is 0 Å². The van der Waals surface area contributed by atoms with Crippen LogP contribution < -0.4 is 0 Å². The third-order valence-electron chi connectivity index (χ3n) is 7.66. The second kappa shape index (κ2) is 9.00. The van der Waals surface area contributed by atoms with Gasteiger partial charge in [0.25, 0.3) is 0 Å². The van der Waals surface area contributed by atoms with E-state index in [4.69, 9.17) is 14.2 Å². The molecule has 0 aromatic rings. The van der Waals surface area contributed by atoms with Gasteiger partial charge in [0.15, 0.2) is 0 Å². The lowest BCUT2D eigenvalue weighted by Gasteiger charge is -2.39. The summed E-state index contributed by atoms with van der Waals surface area (Å²) in [7, 11) is 0. The summed E-state index contributed by atoms with van der Waals surface area (Å²) in [6.45, 7) is 15.1. The number of rotatable bonds is 5. The summed E-state index contributed by atoms with van der Waals surface area (Å²) in [5, 5.41) is 11.1. The zero-order valence-corrected chi connectivity index (χ0v) is 19.9. The maximum absolute atomic E-state index is 12.6. The van der Waals surface area contributed by atoms with Crippen LogP contribution in [0.5, 0.6) is 0 Å². The molecule has 2 saturated carbocycles. The van der Waals surface area contributed by atoms with Gasteiger partial charge in [-0.3, -0.25) is 4.79 Å². The first-order valence-corrected chi connectivity index (χ1v) is 11.5. The lowest BCUT2D eigenvalue weighted by atomic mass is 9.68. The molecule has 0 amide bonds. The van der Waals surface area contributed by atoms with E-state index in [1.807, 2.05) is 27.7 Å². The largest absolute Gasteiger partial charge is 0.462 e. The van der Waals surface area contributed by atoms with Crippen molar-refractivity contribution in [2.45, 2.75) is 85.2 Å². The Morgan fingerprint density at radius 2 is 2.00 bits per heavy atom. The fourth-order valence-corrected chi connectivity index (χ4v) is 5.83.